The molecule has 1 aliphatic heterocycles. The molecule has 118 valence electrons. The number of para-hydroxylation sites is 1. The van der Waals surface area contributed by atoms with Crippen LogP contribution in [-0.2, 0) is 10.2 Å². The van der Waals surface area contributed by atoms with Crippen molar-refractivity contribution >= 4 is 15.9 Å². The lowest BCUT2D eigenvalue weighted by Gasteiger charge is -2.35. The summed E-state index contributed by atoms with van der Waals surface area (Å²) in [6.07, 6.45) is 1.52. The van der Waals surface area contributed by atoms with E-state index in [1.54, 1.807) is 13.0 Å². The molecule has 0 amide bonds. The smallest absolute Gasteiger partial charge is 0.304 e. The number of hydrogen-bond acceptors (Lipinski definition) is 3. The van der Waals surface area contributed by atoms with Gasteiger partial charge in [-0.15, -0.1) is 0 Å². The third kappa shape index (κ3) is 3.36. The van der Waals surface area contributed by atoms with Crippen molar-refractivity contribution in [3.63, 3.8) is 0 Å². The summed E-state index contributed by atoms with van der Waals surface area (Å²) in [5.41, 5.74) is 0.0612. The maximum absolute atomic E-state index is 13.9. The maximum Gasteiger partial charge on any atom is 0.304 e. The largest absolute Gasteiger partial charge is 0.396 e. The molecule has 7 heteroatoms. The van der Waals surface area contributed by atoms with Crippen molar-refractivity contribution in [1.29, 1.82) is 0 Å². The average Bonchev–Trinajstić information content (AvgIpc) is 2.50. The summed E-state index contributed by atoms with van der Waals surface area (Å²) in [6.45, 7) is 2.49. The zero-order valence-corrected chi connectivity index (χ0v) is 12.9. The first-order chi connectivity index (χ1) is 10.0. The highest BCUT2D eigenvalue weighted by molar-refractivity contribution is 7.90. The quantitative estimate of drug-likeness (QED) is 0.897. The molecule has 0 spiro atoms. The van der Waals surface area contributed by atoms with Crippen molar-refractivity contribution in [1.82, 2.24) is 4.31 Å². The van der Waals surface area contributed by atoms with E-state index < -0.39 is 16.0 Å². The Bertz CT molecular complexity index is 579. The van der Waals surface area contributed by atoms with Crippen molar-refractivity contribution in [2.75, 3.05) is 30.5 Å². The monoisotopic (exact) mass is 316 g/mol. The second-order valence-corrected chi connectivity index (χ2v) is 7.03. The molecule has 21 heavy (non-hydrogen) atoms. The molecule has 1 fully saturated rings. The van der Waals surface area contributed by atoms with Gasteiger partial charge in [0.05, 0.1) is 5.69 Å². The molecular weight excluding hydrogens is 295 g/mol. The summed E-state index contributed by atoms with van der Waals surface area (Å²) >= 11 is 0. The molecule has 2 rings (SSSR count). The van der Waals surface area contributed by atoms with Gasteiger partial charge in [0.25, 0.3) is 0 Å². The highest BCUT2D eigenvalue weighted by Crippen LogP contribution is 2.26. The van der Waals surface area contributed by atoms with Crippen LogP contribution in [0.25, 0.3) is 0 Å². The highest BCUT2D eigenvalue weighted by Gasteiger charge is 2.33. The Morgan fingerprint density at radius 3 is 2.76 bits per heavy atom. The molecule has 1 saturated heterocycles. The van der Waals surface area contributed by atoms with Crippen LogP contribution in [-0.4, -0.2) is 44.1 Å². The first-order valence-electron chi connectivity index (χ1n) is 7.14. The van der Waals surface area contributed by atoms with Crippen LogP contribution in [0.15, 0.2) is 24.3 Å². The van der Waals surface area contributed by atoms with E-state index in [0.717, 1.165) is 10.7 Å². The fourth-order valence-corrected chi connectivity index (χ4v) is 4.40. The number of anilines is 1. The first-order valence-corrected chi connectivity index (χ1v) is 8.53. The Labute approximate surface area is 125 Å². The predicted molar refractivity (Wildman–Crippen MR) is 79.7 cm³/mol. The van der Waals surface area contributed by atoms with Gasteiger partial charge < -0.3 is 5.11 Å². The predicted octanol–water partition coefficient (Wildman–Crippen LogP) is 1.60. The van der Waals surface area contributed by atoms with E-state index in [0.29, 0.717) is 13.0 Å². The van der Waals surface area contributed by atoms with Gasteiger partial charge in [-0.05, 0) is 37.8 Å². The number of nitrogens with zero attached hydrogens (tertiary/aromatic N) is 2. The van der Waals surface area contributed by atoms with Crippen LogP contribution in [0.4, 0.5) is 10.1 Å². The van der Waals surface area contributed by atoms with Gasteiger partial charge in [0, 0.05) is 26.2 Å². The zero-order chi connectivity index (χ0) is 15.5. The molecule has 5 nitrogen and oxygen atoms in total. The second-order valence-electron chi connectivity index (χ2n) is 5.17. The van der Waals surface area contributed by atoms with E-state index >= 15 is 0 Å². The lowest BCUT2D eigenvalue weighted by atomic mass is 10.0. The van der Waals surface area contributed by atoms with Gasteiger partial charge in [-0.25, -0.2) is 4.39 Å². The van der Waals surface area contributed by atoms with Crippen molar-refractivity contribution in [3.05, 3.63) is 30.1 Å². The second kappa shape index (κ2) is 6.72. The Morgan fingerprint density at radius 2 is 2.14 bits per heavy atom. The van der Waals surface area contributed by atoms with Crippen LogP contribution in [0.2, 0.25) is 0 Å². The molecule has 1 atom stereocenters. The molecule has 0 aliphatic carbocycles. The van der Waals surface area contributed by atoms with Crippen molar-refractivity contribution < 1.29 is 17.9 Å². The molecule has 1 unspecified atom stereocenters. The van der Waals surface area contributed by atoms with Gasteiger partial charge in [0.2, 0.25) is 0 Å². The van der Waals surface area contributed by atoms with Crippen LogP contribution in [0, 0.1) is 11.7 Å². The van der Waals surface area contributed by atoms with Crippen LogP contribution < -0.4 is 4.31 Å². The third-order valence-corrected chi connectivity index (χ3v) is 5.75. The van der Waals surface area contributed by atoms with Gasteiger partial charge in [-0.3, -0.25) is 4.31 Å². The summed E-state index contributed by atoms with van der Waals surface area (Å²) in [5.74, 6) is -0.605. The first kappa shape index (κ1) is 16.2. The lowest BCUT2D eigenvalue weighted by Crippen LogP contribution is -2.48. The van der Waals surface area contributed by atoms with Crippen LogP contribution >= 0.6 is 0 Å². The number of benzene rings is 1. The number of aliphatic hydroxyl groups is 1. The molecule has 1 aliphatic rings. The standard InChI is InChI=1S/C14H21FN2O3S/c1-2-17(14-8-4-3-7-13(14)15)21(19,20)16-9-5-6-12(10-16)11-18/h3-4,7-8,12,18H,2,5-6,9-11H2,1H3. The third-order valence-electron chi connectivity index (χ3n) is 3.75. The fraction of sp³-hybridized carbons (Fsp3) is 0.571. The highest BCUT2D eigenvalue weighted by atomic mass is 32.2. The summed E-state index contributed by atoms with van der Waals surface area (Å²) < 4.78 is 41.8. The number of rotatable bonds is 5. The Hall–Kier alpha value is -1.18. The van der Waals surface area contributed by atoms with Gasteiger partial charge in [-0.2, -0.15) is 12.7 Å². The maximum atomic E-state index is 13.9. The Morgan fingerprint density at radius 1 is 1.43 bits per heavy atom. The Kier molecular flexibility index (Phi) is 5.18. The normalized spacial score (nSPS) is 20.4. The summed E-state index contributed by atoms with van der Waals surface area (Å²) in [5, 5.41) is 9.24. The minimum atomic E-state index is -3.78. The minimum Gasteiger partial charge on any atom is -0.396 e. The summed E-state index contributed by atoms with van der Waals surface area (Å²) in [6, 6.07) is 5.86. The fourth-order valence-electron chi connectivity index (χ4n) is 2.64. The minimum absolute atomic E-state index is 0.0299. The van der Waals surface area contributed by atoms with E-state index in [2.05, 4.69) is 0 Å². The molecule has 1 heterocycles. The van der Waals surface area contributed by atoms with Crippen molar-refractivity contribution in [2.24, 2.45) is 5.92 Å². The number of hydrogen-bond donors (Lipinski definition) is 1. The Balaban J connectivity index is 2.30. The lowest BCUT2D eigenvalue weighted by molar-refractivity contribution is 0.165. The topological polar surface area (TPSA) is 60.9 Å². The van der Waals surface area contributed by atoms with Gasteiger partial charge >= 0.3 is 10.2 Å². The summed E-state index contributed by atoms with van der Waals surface area (Å²) in [4.78, 5) is 0. The van der Waals surface area contributed by atoms with Crippen LogP contribution in [0.3, 0.4) is 0 Å². The van der Waals surface area contributed by atoms with E-state index in [1.807, 2.05) is 0 Å². The van der Waals surface area contributed by atoms with Gasteiger partial charge in [0.1, 0.15) is 5.82 Å². The number of piperidine rings is 1. The molecule has 0 aromatic heterocycles. The van der Waals surface area contributed by atoms with Crippen molar-refractivity contribution in [2.45, 2.75) is 19.8 Å². The van der Waals surface area contributed by atoms with Crippen molar-refractivity contribution in [3.8, 4) is 0 Å². The molecule has 0 saturated carbocycles. The summed E-state index contributed by atoms with van der Waals surface area (Å²) in [7, 11) is -3.78. The number of halogens is 1. The average molecular weight is 316 g/mol. The van der Waals surface area contributed by atoms with E-state index in [1.165, 1.54) is 22.5 Å². The number of aliphatic hydroxyl groups excluding tert-OH is 1. The SMILES string of the molecule is CCN(c1ccccc1F)S(=O)(=O)N1CCCC(CO)C1. The van der Waals surface area contributed by atoms with Crippen LogP contribution in [0.5, 0.6) is 0 Å². The molecule has 0 bridgehead atoms. The zero-order valence-electron chi connectivity index (χ0n) is 12.1. The van der Waals surface area contributed by atoms with E-state index in [9.17, 15) is 17.9 Å². The van der Waals surface area contributed by atoms with Gasteiger partial charge in [0.15, 0.2) is 0 Å². The van der Waals surface area contributed by atoms with Gasteiger partial charge in [-0.1, -0.05) is 12.1 Å². The molecule has 1 N–H and O–H groups in total. The molecule has 1 aromatic rings. The molecule has 0 radical (unpaired) electrons. The van der Waals surface area contributed by atoms with E-state index in [4.69, 9.17) is 0 Å². The molecular formula is C14H21FN2O3S. The molecule has 1 aromatic carbocycles. The van der Waals surface area contributed by atoms with E-state index in [-0.39, 0.29) is 31.3 Å². The van der Waals surface area contributed by atoms with Crippen LogP contribution in [0.1, 0.15) is 19.8 Å².